The molecule has 1 saturated heterocycles. The first-order valence-electron chi connectivity index (χ1n) is 12.8. The molecule has 0 bridgehead atoms. The predicted molar refractivity (Wildman–Crippen MR) is 144 cm³/mol. The molecule has 4 rings (SSSR count). The Labute approximate surface area is 227 Å². The molecule has 2 aromatic heterocycles. The SMILES string of the molecule is CC(C)CC(NC(=O)c1cnc2ccccc2n1)C(=O)NC1CCC(C)N(S(=O)(=O)c2ccccn2)CC1=O. The standard InChI is InChI=1S/C27H32N6O5S/c1-17(2)14-22(32-27(36)23-15-29-19-8-4-5-9-20(19)30-23)26(35)31-21-12-11-18(3)33(16-24(21)34)39(37,38)25-10-6-7-13-28-25/h4-10,13,15,17-18,21-22H,11-12,14,16H2,1-3H3,(H,31,35)(H,32,36). The van der Waals surface area contributed by atoms with Gasteiger partial charge in [0.25, 0.3) is 15.9 Å². The second kappa shape index (κ2) is 12.0. The van der Waals surface area contributed by atoms with Crippen LogP contribution in [0.1, 0.15) is 50.5 Å². The topological polar surface area (TPSA) is 151 Å². The van der Waals surface area contributed by atoms with E-state index in [1.807, 2.05) is 19.9 Å². The number of fused-ring (bicyclic) bond motifs is 1. The zero-order valence-corrected chi connectivity index (χ0v) is 22.9. The number of Topliss-reactive ketones (excluding diaryl/α,β-unsaturated/α-hetero) is 1. The Balaban J connectivity index is 1.47. The van der Waals surface area contributed by atoms with Gasteiger partial charge < -0.3 is 10.6 Å². The van der Waals surface area contributed by atoms with E-state index in [0.29, 0.717) is 23.9 Å². The van der Waals surface area contributed by atoms with Crippen LogP contribution in [0.3, 0.4) is 0 Å². The van der Waals surface area contributed by atoms with Crippen LogP contribution in [0.2, 0.25) is 0 Å². The van der Waals surface area contributed by atoms with Crippen molar-refractivity contribution in [2.45, 2.75) is 63.2 Å². The fourth-order valence-electron chi connectivity index (χ4n) is 4.50. The zero-order valence-electron chi connectivity index (χ0n) is 22.1. The van der Waals surface area contributed by atoms with Crippen LogP contribution >= 0.6 is 0 Å². The van der Waals surface area contributed by atoms with E-state index in [0.717, 1.165) is 4.31 Å². The van der Waals surface area contributed by atoms with Crippen LogP contribution in [-0.2, 0) is 19.6 Å². The van der Waals surface area contributed by atoms with Crippen molar-refractivity contribution in [1.29, 1.82) is 0 Å². The van der Waals surface area contributed by atoms with Gasteiger partial charge in [-0.05, 0) is 56.4 Å². The third kappa shape index (κ3) is 6.63. The summed E-state index contributed by atoms with van der Waals surface area (Å²) < 4.78 is 27.4. The molecule has 1 aliphatic rings. The number of hydrogen-bond donors (Lipinski definition) is 2. The number of nitrogens with one attached hydrogen (secondary N) is 2. The minimum Gasteiger partial charge on any atom is -0.344 e. The molecular weight excluding hydrogens is 520 g/mol. The molecule has 3 aromatic rings. The molecule has 0 spiro atoms. The molecule has 0 radical (unpaired) electrons. The van der Waals surface area contributed by atoms with E-state index in [9.17, 15) is 22.8 Å². The van der Waals surface area contributed by atoms with Crippen LogP contribution in [0.5, 0.6) is 0 Å². The van der Waals surface area contributed by atoms with E-state index in [1.165, 1.54) is 18.5 Å². The number of aromatic nitrogens is 3. The van der Waals surface area contributed by atoms with Gasteiger partial charge in [0.2, 0.25) is 5.91 Å². The van der Waals surface area contributed by atoms with Crippen molar-refractivity contribution < 1.29 is 22.8 Å². The summed E-state index contributed by atoms with van der Waals surface area (Å²) >= 11 is 0. The molecular formula is C27H32N6O5S. The molecule has 2 N–H and O–H groups in total. The average Bonchev–Trinajstić information content (AvgIpc) is 3.06. The van der Waals surface area contributed by atoms with Crippen molar-refractivity contribution in [2.24, 2.45) is 5.92 Å². The van der Waals surface area contributed by atoms with Gasteiger partial charge in [-0.3, -0.25) is 19.4 Å². The molecule has 1 fully saturated rings. The van der Waals surface area contributed by atoms with Gasteiger partial charge in [0.05, 0.1) is 29.8 Å². The molecule has 11 nitrogen and oxygen atoms in total. The molecule has 3 unspecified atom stereocenters. The van der Waals surface area contributed by atoms with Gasteiger partial charge in [0.1, 0.15) is 11.7 Å². The van der Waals surface area contributed by atoms with Crippen LogP contribution in [-0.4, -0.2) is 69.9 Å². The Morgan fingerprint density at radius 1 is 1.05 bits per heavy atom. The van der Waals surface area contributed by atoms with Crippen molar-refractivity contribution in [2.75, 3.05) is 6.54 Å². The number of carbonyl (C=O) groups is 3. The fraction of sp³-hybridized carbons (Fsp3) is 0.407. The second-order valence-electron chi connectivity index (χ2n) is 10.1. The molecule has 3 heterocycles. The van der Waals surface area contributed by atoms with E-state index in [4.69, 9.17) is 0 Å². The Hall–Kier alpha value is -3.77. The maximum Gasteiger partial charge on any atom is 0.272 e. The monoisotopic (exact) mass is 552 g/mol. The van der Waals surface area contributed by atoms with Crippen LogP contribution in [0.25, 0.3) is 11.0 Å². The van der Waals surface area contributed by atoms with Crippen molar-refractivity contribution in [3.8, 4) is 0 Å². The highest BCUT2D eigenvalue weighted by molar-refractivity contribution is 7.89. The van der Waals surface area contributed by atoms with Crippen molar-refractivity contribution in [3.63, 3.8) is 0 Å². The molecule has 1 aromatic carbocycles. The summed E-state index contributed by atoms with van der Waals surface area (Å²) in [6, 6.07) is 9.42. The summed E-state index contributed by atoms with van der Waals surface area (Å²) in [5.41, 5.74) is 1.27. The van der Waals surface area contributed by atoms with Gasteiger partial charge in [-0.1, -0.05) is 32.0 Å². The van der Waals surface area contributed by atoms with Crippen LogP contribution in [0, 0.1) is 5.92 Å². The van der Waals surface area contributed by atoms with Crippen molar-refractivity contribution in [1.82, 2.24) is 29.9 Å². The number of para-hydroxylation sites is 2. The van der Waals surface area contributed by atoms with Gasteiger partial charge in [-0.25, -0.2) is 18.4 Å². The molecule has 206 valence electrons. The fourth-order valence-corrected chi connectivity index (χ4v) is 6.06. The van der Waals surface area contributed by atoms with Gasteiger partial charge in [0, 0.05) is 12.2 Å². The maximum atomic E-state index is 13.3. The molecule has 0 saturated carbocycles. The van der Waals surface area contributed by atoms with E-state index in [2.05, 4.69) is 25.6 Å². The smallest absolute Gasteiger partial charge is 0.272 e. The van der Waals surface area contributed by atoms with Gasteiger partial charge in [-0.15, -0.1) is 0 Å². The van der Waals surface area contributed by atoms with Gasteiger partial charge >= 0.3 is 0 Å². The largest absolute Gasteiger partial charge is 0.344 e. The van der Waals surface area contributed by atoms with Crippen LogP contribution in [0.15, 0.2) is 59.9 Å². The summed E-state index contributed by atoms with van der Waals surface area (Å²) in [5, 5.41) is 5.35. The number of carbonyl (C=O) groups excluding carboxylic acids is 3. The third-order valence-corrected chi connectivity index (χ3v) is 8.48. The highest BCUT2D eigenvalue weighted by Crippen LogP contribution is 2.23. The highest BCUT2D eigenvalue weighted by atomic mass is 32.2. The average molecular weight is 553 g/mol. The molecule has 0 aliphatic carbocycles. The van der Waals surface area contributed by atoms with E-state index in [1.54, 1.807) is 37.3 Å². The Kier molecular flexibility index (Phi) is 8.66. The molecule has 39 heavy (non-hydrogen) atoms. The first-order chi connectivity index (χ1) is 18.6. The first-order valence-corrected chi connectivity index (χ1v) is 14.3. The van der Waals surface area contributed by atoms with E-state index in [-0.39, 0.29) is 29.6 Å². The minimum atomic E-state index is -4.00. The maximum absolute atomic E-state index is 13.3. The van der Waals surface area contributed by atoms with Crippen molar-refractivity contribution >= 4 is 38.7 Å². The Morgan fingerprint density at radius 3 is 2.46 bits per heavy atom. The minimum absolute atomic E-state index is 0.0626. The van der Waals surface area contributed by atoms with Crippen molar-refractivity contribution in [3.05, 3.63) is 60.6 Å². The highest BCUT2D eigenvalue weighted by Gasteiger charge is 2.38. The number of hydrogen-bond acceptors (Lipinski definition) is 8. The zero-order chi connectivity index (χ0) is 28.2. The Bertz CT molecular complexity index is 1460. The number of rotatable bonds is 8. The lowest BCUT2D eigenvalue weighted by atomic mass is 10.0. The van der Waals surface area contributed by atoms with Gasteiger partial charge in [-0.2, -0.15) is 4.31 Å². The van der Waals surface area contributed by atoms with E-state index >= 15 is 0 Å². The number of amides is 2. The lowest BCUT2D eigenvalue weighted by molar-refractivity contribution is -0.129. The first kappa shape index (κ1) is 28.2. The summed E-state index contributed by atoms with van der Waals surface area (Å²) in [6.45, 7) is 5.17. The predicted octanol–water partition coefficient (Wildman–Crippen LogP) is 2.10. The number of ketones is 1. The Morgan fingerprint density at radius 2 is 1.77 bits per heavy atom. The number of nitrogens with zero attached hydrogens (tertiary/aromatic N) is 4. The lowest BCUT2D eigenvalue weighted by Gasteiger charge is -2.25. The quantitative estimate of drug-likeness (QED) is 0.431. The molecule has 3 atom stereocenters. The summed E-state index contributed by atoms with van der Waals surface area (Å²) in [6.07, 6.45) is 3.69. The summed E-state index contributed by atoms with van der Waals surface area (Å²) in [5.74, 6) is -1.44. The summed E-state index contributed by atoms with van der Waals surface area (Å²) in [4.78, 5) is 52.0. The van der Waals surface area contributed by atoms with Crippen LogP contribution < -0.4 is 10.6 Å². The molecule has 12 heteroatoms. The third-order valence-electron chi connectivity index (χ3n) is 6.60. The molecule has 2 amide bonds. The number of pyridine rings is 1. The van der Waals surface area contributed by atoms with Gasteiger partial charge in [0.15, 0.2) is 10.8 Å². The number of benzene rings is 1. The van der Waals surface area contributed by atoms with Crippen LogP contribution in [0.4, 0.5) is 0 Å². The number of sulfonamides is 1. The molecule has 1 aliphatic heterocycles. The van der Waals surface area contributed by atoms with E-state index < -0.39 is 45.7 Å². The lowest BCUT2D eigenvalue weighted by Crippen LogP contribution is -2.53. The normalized spacial score (nSPS) is 19.4. The summed E-state index contributed by atoms with van der Waals surface area (Å²) in [7, 11) is -4.00. The second-order valence-corrected chi connectivity index (χ2v) is 11.9.